The van der Waals surface area contributed by atoms with Crippen LogP contribution in [0.15, 0.2) is 35.3 Å². The molecule has 0 aromatic heterocycles. The highest BCUT2D eigenvalue weighted by atomic mass is 79.9. The Morgan fingerprint density at radius 1 is 1.47 bits per heavy atom. The maximum absolute atomic E-state index is 5.67. The van der Waals surface area contributed by atoms with E-state index in [0.717, 1.165) is 47.1 Å². The number of hydrogen-bond donors (Lipinski definition) is 0. The molecule has 1 aliphatic heterocycles. The second-order valence-corrected chi connectivity index (χ2v) is 5.45. The van der Waals surface area contributed by atoms with Gasteiger partial charge in [-0.15, -0.1) is 0 Å². The van der Waals surface area contributed by atoms with Crippen molar-refractivity contribution >= 4 is 33.1 Å². The Bertz CT molecular complexity index is 473. The van der Waals surface area contributed by atoms with E-state index >= 15 is 0 Å². The van der Waals surface area contributed by atoms with Gasteiger partial charge in [-0.05, 0) is 18.2 Å². The summed E-state index contributed by atoms with van der Waals surface area (Å²) in [5.41, 5.74) is 0.938. The Hall–Kier alpha value is -0.910. The highest BCUT2D eigenvalue weighted by Crippen LogP contribution is 2.25. The van der Waals surface area contributed by atoms with Crippen LogP contribution in [0.5, 0.6) is 5.75 Å². The first-order valence-electron chi connectivity index (χ1n) is 6.12. The summed E-state index contributed by atoms with van der Waals surface area (Å²) in [5, 5.41) is 0. The summed E-state index contributed by atoms with van der Waals surface area (Å²) in [4.78, 5) is 2.96. The fourth-order valence-corrected chi connectivity index (χ4v) is 2.58. The lowest BCUT2D eigenvalue weighted by molar-refractivity contribution is 0.0692. The first-order valence-corrected chi connectivity index (χ1v) is 7.33. The Morgan fingerprint density at radius 3 is 2.89 bits per heavy atom. The van der Waals surface area contributed by atoms with Crippen molar-refractivity contribution in [2.75, 3.05) is 32.9 Å². The van der Waals surface area contributed by atoms with E-state index in [0.29, 0.717) is 6.61 Å². The Balaban J connectivity index is 2.22. The average Bonchev–Trinajstić information content (AvgIpc) is 2.46. The third-order valence-electron chi connectivity index (χ3n) is 2.83. The van der Waals surface area contributed by atoms with Crippen LogP contribution in [0.4, 0.5) is 0 Å². The van der Waals surface area contributed by atoms with Gasteiger partial charge < -0.3 is 14.4 Å². The highest BCUT2D eigenvalue weighted by Gasteiger charge is 2.18. The molecule has 102 valence electrons. The van der Waals surface area contributed by atoms with Gasteiger partial charge in [0.15, 0.2) is 0 Å². The molecule has 1 heterocycles. The summed E-state index contributed by atoms with van der Waals surface area (Å²) in [6.45, 7) is 7.23. The first kappa shape index (κ1) is 14.5. The molecule has 1 fully saturated rings. The van der Waals surface area contributed by atoms with Crippen LogP contribution in [0.2, 0.25) is 0 Å². The molecule has 0 atom stereocenters. The molecule has 1 aromatic rings. The van der Waals surface area contributed by atoms with E-state index in [1.807, 2.05) is 18.2 Å². The first-order chi connectivity index (χ1) is 9.22. The highest BCUT2D eigenvalue weighted by molar-refractivity contribution is 9.10. The third kappa shape index (κ3) is 3.78. The van der Waals surface area contributed by atoms with E-state index in [1.165, 1.54) is 0 Å². The van der Waals surface area contributed by atoms with Gasteiger partial charge >= 0.3 is 0 Å². The lowest BCUT2D eigenvalue weighted by atomic mass is 10.2. The number of ether oxygens (including phenoxy) is 2. The van der Waals surface area contributed by atoms with E-state index in [9.17, 15) is 0 Å². The lowest BCUT2D eigenvalue weighted by Crippen LogP contribution is -2.40. The van der Waals surface area contributed by atoms with Crippen LogP contribution in [0.1, 0.15) is 5.56 Å². The summed E-state index contributed by atoms with van der Waals surface area (Å²) in [6, 6.07) is 5.87. The number of hydrogen-bond acceptors (Lipinski definition) is 3. The zero-order valence-corrected chi connectivity index (χ0v) is 13.0. The van der Waals surface area contributed by atoms with Crippen LogP contribution in [0.3, 0.4) is 0 Å². The summed E-state index contributed by atoms with van der Waals surface area (Å²) in [5.74, 6) is 0.791. The monoisotopic (exact) mass is 341 g/mol. The zero-order chi connectivity index (χ0) is 13.7. The van der Waals surface area contributed by atoms with Crippen molar-refractivity contribution in [2.24, 2.45) is 0 Å². The summed E-state index contributed by atoms with van der Waals surface area (Å²) < 4.78 is 12.0. The van der Waals surface area contributed by atoms with Crippen molar-refractivity contribution in [1.29, 1.82) is 0 Å². The van der Waals surface area contributed by atoms with Crippen molar-refractivity contribution in [1.82, 2.24) is 4.90 Å². The molecule has 2 rings (SSSR count). The maximum Gasteiger partial charge on any atom is 0.130 e. The molecule has 0 aliphatic carbocycles. The Labute approximate surface area is 127 Å². The minimum Gasteiger partial charge on any atom is -0.489 e. The van der Waals surface area contributed by atoms with Gasteiger partial charge in [-0.25, -0.2) is 0 Å². The van der Waals surface area contributed by atoms with Crippen LogP contribution >= 0.6 is 28.1 Å². The molecule has 1 aliphatic rings. The second kappa shape index (κ2) is 7.03. The lowest BCUT2D eigenvalue weighted by Gasteiger charge is -2.29. The van der Waals surface area contributed by atoms with Gasteiger partial charge in [-0.1, -0.05) is 40.8 Å². The van der Waals surface area contributed by atoms with E-state index in [-0.39, 0.29) is 0 Å². The molecule has 5 heteroatoms. The smallest absolute Gasteiger partial charge is 0.130 e. The van der Waals surface area contributed by atoms with Crippen LogP contribution in [-0.4, -0.2) is 42.8 Å². The molecular formula is C14H16BrNO2S. The minimum absolute atomic E-state index is 0.473. The number of nitrogens with zero attached hydrogens (tertiary/aromatic N) is 1. The van der Waals surface area contributed by atoms with Gasteiger partial charge in [0.1, 0.15) is 17.3 Å². The average molecular weight is 342 g/mol. The number of halogens is 1. The van der Waals surface area contributed by atoms with E-state index < -0.39 is 0 Å². The molecular weight excluding hydrogens is 326 g/mol. The minimum atomic E-state index is 0.473. The standard InChI is InChI=1S/C14H16BrNO2S/c1-2-7-18-13-4-3-11(15)10-12(13)14(19)16-5-8-17-9-6-16/h2-4,10H,1,5-9H2. The molecule has 0 radical (unpaired) electrons. The summed E-state index contributed by atoms with van der Waals surface area (Å²) in [6.07, 6.45) is 1.73. The van der Waals surface area contributed by atoms with Gasteiger partial charge in [0.05, 0.1) is 18.8 Å². The molecule has 0 bridgehead atoms. The molecule has 0 N–H and O–H groups in total. The van der Waals surface area contributed by atoms with Gasteiger partial charge in [0.2, 0.25) is 0 Å². The molecule has 0 spiro atoms. The molecule has 0 amide bonds. The van der Waals surface area contributed by atoms with Crippen LogP contribution in [-0.2, 0) is 4.74 Å². The summed E-state index contributed by atoms with van der Waals surface area (Å²) in [7, 11) is 0. The number of thiocarbonyl (C=S) groups is 1. The van der Waals surface area contributed by atoms with E-state index in [2.05, 4.69) is 27.4 Å². The van der Waals surface area contributed by atoms with Crippen LogP contribution < -0.4 is 4.74 Å². The largest absolute Gasteiger partial charge is 0.489 e. The molecule has 3 nitrogen and oxygen atoms in total. The van der Waals surface area contributed by atoms with Gasteiger partial charge in [-0.3, -0.25) is 0 Å². The fourth-order valence-electron chi connectivity index (χ4n) is 1.88. The predicted octanol–water partition coefficient (Wildman–Crippen LogP) is 3.02. The van der Waals surface area contributed by atoms with Crippen LogP contribution in [0, 0.1) is 0 Å². The maximum atomic E-state index is 5.67. The van der Waals surface area contributed by atoms with Crippen molar-refractivity contribution in [2.45, 2.75) is 0 Å². The molecule has 0 saturated carbocycles. The molecule has 1 saturated heterocycles. The topological polar surface area (TPSA) is 21.7 Å². The molecule has 0 unspecified atom stereocenters. The Kier molecular flexibility index (Phi) is 5.36. The fraction of sp³-hybridized carbons (Fsp3) is 0.357. The zero-order valence-electron chi connectivity index (χ0n) is 10.6. The van der Waals surface area contributed by atoms with Gasteiger partial charge in [-0.2, -0.15) is 0 Å². The predicted molar refractivity (Wildman–Crippen MR) is 83.9 cm³/mol. The number of benzene rings is 1. The Morgan fingerprint density at radius 2 is 2.21 bits per heavy atom. The number of morpholine rings is 1. The quantitative estimate of drug-likeness (QED) is 0.619. The van der Waals surface area contributed by atoms with Gasteiger partial charge in [0, 0.05) is 17.6 Å². The molecule has 1 aromatic carbocycles. The third-order valence-corrected chi connectivity index (χ3v) is 3.80. The van der Waals surface area contributed by atoms with Crippen LogP contribution in [0.25, 0.3) is 0 Å². The van der Waals surface area contributed by atoms with Crippen molar-refractivity contribution in [3.8, 4) is 5.75 Å². The second-order valence-electron chi connectivity index (χ2n) is 4.14. The SMILES string of the molecule is C=CCOc1ccc(Br)cc1C(=S)N1CCOCC1. The van der Waals surface area contributed by atoms with Crippen molar-refractivity contribution < 1.29 is 9.47 Å². The molecule has 19 heavy (non-hydrogen) atoms. The number of rotatable bonds is 4. The normalized spacial score (nSPS) is 15.1. The van der Waals surface area contributed by atoms with Crippen molar-refractivity contribution in [3.05, 3.63) is 40.9 Å². The summed E-state index contributed by atoms with van der Waals surface area (Å²) >= 11 is 9.06. The van der Waals surface area contributed by atoms with Gasteiger partial charge in [0.25, 0.3) is 0 Å². The van der Waals surface area contributed by atoms with E-state index in [4.69, 9.17) is 21.7 Å². The van der Waals surface area contributed by atoms with Crippen molar-refractivity contribution in [3.63, 3.8) is 0 Å². The van der Waals surface area contributed by atoms with E-state index in [1.54, 1.807) is 6.08 Å².